The van der Waals surface area contributed by atoms with Gasteiger partial charge < -0.3 is 4.52 Å². The van der Waals surface area contributed by atoms with Crippen molar-refractivity contribution < 1.29 is 17.7 Å². The molecule has 1 aliphatic carbocycles. The summed E-state index contributed by atoms with van der Waals surface area (Å²) in [5, 5.41) is 4.31. The van der Waals surface area contributed by atoms with E-state index >= 15 is 0 Å². The Labute approximate surface area is 137 Å². The number of nitrogens with one attached hydrogen (secondary N) is 1. The fraction of sp³-hybridized carbons (Fsp3) is 0.188. The third-order valence-electron chi connectivity index (χ3n) is 4.12. The van der Waals surface area contributed by atoms with E-state index in [1.54, 1.807) is 31.2 Å². The Kier molecular flexibility index (Phi) is 3.26. The first-order chi connectivity index (χ1) is 11.5. The number of carbonyl (C=O) groups is 1. The summed E-state index contributed by atoms with van der Waals surface area (Å²) in [6.45, 7) is 1.71. The summed E-state index contributed by atoms with van der Waals surface area (Å²) in [5.74, 6) is -0.0678. The van der Waals surface area contributed by atoms with Crippen molar-refractivity contribution in [2.24, 2.45) is 0 Å². The van der Waals surface area contributed by atoms with Gasteiger partial charge in [0.25, 0.3) is 5.71 Å². The topological polar surface area (TPSA) is 102 Å². The van der Waals surface area contributed by atoms with Crippen LogP contribution in [0.5, 0.6) is 0 Å². The zero-order chi connectivity index (χ0) is 16.9. The molecular weight excluding hydrogens is 330 g/mol. The van der Waals surface area contributed by atoms with Gasteiger partial charge in [0.15, 0.2) is 5.78 Å². The number of hydrogen-bond acceptors (Lipinski definition) is 6. The Morgan fingerprint density at radius 3 is 2.92 bits per heavy atom. The van der Waals surface area contributed by atoms with Crippen LogP contribution < -0.4 is 4.72 Å². The van der Waals surface area contributed by atoms with Crippen molar-refractivity contribution in [1.82, 2.24) is 14.9 Å². The van der Waals surface area contributed by atoms with Crippen molar-refractivity contribution in [3.63, 3.8) is 0 Å². The molecular formula is C16H13N3O4S. The zero-order valence-electron chi connectivity index (χ0n) is 12.7. The number of pyridine rings is 1. The molecule has 0 bridgehead atoms. The van der Waals surface area contributed by atoms with Crippen LogP contribution in [0.1, 0.15) is 34.1 Å². The summed E-state index contributed by atoms with van der Waals surface area (Å²) >= 11 is 0. The van der Waals surface area contributed by atoms with Gasteiger partial charge in [-0.05, 0) is 18.6 Å². The minimum absolute atomic E-state index is 0.0122. The lowest BCUT2D eigenvalue weighted by atomic mass is 10.1. The van der Waals surface area contributed by atoms with Crippen LogP contribution in [0.15, 0.2) is 45.9 Å². The molecule has 7 nitrogen and oxygen atoms in total. The second-order valence-corrected chi connectivity index (χ2v) is 7.39. The van der Waals surface area contributed by atoms with E-state index in [2.05, 4.69) is 14.9 Å². The predicted molar refractivity (Wildman–Crippen MR) is 85.0 cm³/mol. The molecule has 2 heterocycles. The molecule has 1 aromatic carbocycles. The molecule has 4 rings (SSSR count). The smallest absolute Gasteiger partial charge is 0.257 e. The minimum atomic E-state index is -3.83. The first kappa shape index (κ1) is 15.0. The van der Waals surface area contributed by atoms with E-state index in [-0.39, 0.29) is 22.8 Å². The number of benzene rings is 1. The molecule has 0 amide bonds. The molecule has 0 unspecified atom stereocenters. The highest BCUT2D eigenvalue weighted by Gasteiger charge is 2.32. The average Bonchev–Trinajstić information content (AvgIpc) is 3.09. The Bertz CT molecular complexity index is 1070. The lowest BCUT2D eigenvalue weighted by molar-refractivity contribution is 0.0988. The zero-order valence-corrected chi connectivity index (χ0v) is 13.5. The molecule has 0 saturated carbocycles. The molecule has 8 heteroatoms. The number of sulfonamides is 1. The van der Waals surface area contributed by atoms with E-state index in [1.165, 1.54) is 12.3 Å². The standard InChI is InChI=1S/C16H13N3O4S/c1-9-13-6-10(8-17-16(13)23-18-9)24(21,22)19-14-7-15(20)12-5-3-2-4-11(12)14/h2-6,8,14,19H,7H2,1H3/t14-/m0/s1. The fourth-order valence-corrected chi connectivity index (χ4v) is 4.08. The van der Waals surface area contributed by atoms with Crippen molar-refractivity contribution in [3.8, 4) is 0 Å². The van der Waals surface area contributed by atoms with E-state index < -0.39 is 16.1 Å². The summed E-state index contributed by atoms with van der Waals surface area (Å²) in [6.07, 6.45) is 1.33. The lowest BCUT2D eigenvalue weighted by Crippen LogP contribution is -2.27. The highest BCUT2D eigenvalue weighted by molar-refractivity contribution is 7.89. The number of hydrogen-bond donors (Lipinski definition) is 1. The Balaban J connectivity index is 1.70. The maximum absolute atomic E-state index is 12.7. The number of fused-ring (bicyclic) bond motifs is 2. The molecule has 122 valence electrons. The van der Waals surface area contributed by atoms with Crippen LogP contribution in [0.25, 0.3) is 11.1 Å². The monoisotopic (exact) mass is 343 g/mol. The van der Waals surface area contributed by atoms with Gasteiger partial charge in [0.05, 0.1) is 23.3 Å². The second-order valence-electron chi connectivity index (χ2n) is 5.68. The maximum atomic E-state index is 12.7. The molecule has 1 atom stereocenters. The van der Waals surface area contributed by atoms with Gasteiger partial charge in [0, 0.05) is 12.0 Å². The van der Waals surface area contributed by atoms with Crippen molar-refractivity contribution in [3.05, 3.63) is 53.3 Å². The Hall–Kier alpha value is -2.58. The average molecular weight is 343 g/mol. The van der Waals surface area contributed by atoms with Crippen LogP contribution in [0.2, 0.25) is 0 Å². The molecule has 0 fully saturated rings. The lowest BCUT2D eigenvalue weighted by Gasteiger charge is -2.13. The van der Waals surface area contributed by atoms with E-state index in [0.29, 0.717) is 22.2 Å². The van der Waals surface area contributed by atoms with Crippen molar-refractivity contribution in [1.29, 1.82) is 0 Å². The van der Waals surface area contributed by atoms with E-state index in [0.717, 1.165) is 0 Å². The van der Waals surface area contributed by atoms with Gasteiger partial charge in [0.1, 0.15) is 4.90 Å². The van der Waals surface area contributed by atoms with Gasteiger partial charge in [0.2, 0.25) is 10.0 Å². The summed E-state index contributed by atoms with van der Waals surface area (Å²) in [5.41, 5.74) is 2.11. The van der Waals surface area contributed by atoms with Gasteiger partial charge in [-0.2, -0.15) is 0 Å². The number of ketones is 1. The highest BCUT2D eigenvalue weighted by Crippen LogP contribution is 2.32. The number of aryl methyl sites for hydroxylation is 1. The molecule has 0 radical (unpaired) electrons. The Morgan fingerprint density at radius 2 is 2.08 bits per heavy atom. The van der Waals surface area contributed by atoms with Gasteiger partial charge in [-0.15, -0.1) is 0 Å². The van der Waals surface area contributed by atoms with Crippen LogP contribution in [0.3, 0.4) is 0 Å². The van der Waals surface area contributed by atoms with Gasteiger partial charge >= 0.3 is 0 Å². The van der Waals surface area contributed by atoms with Crippen molar-refractivity contribution in [2.75, 3.05) is 0 Å². The number of Topliss-reactive ketones (excluding diaryl/α,β-unsaturated/α-hetero) is 1. The van der Waals surface area contributed by atoms with Crippen LogP contribution in [-0.4, -0.2) is 24.3 Å². The minimum Gasteiger partial charge on any atom is -0.336 e. The molecule has 0 aliphatic heterocycles. The quantitative estimate of drug-likeness (QED) is 0.781. The van der Waals surface area contributed by atoms with Gasteiger partial charge in [-0.25, -0.2) is 18.1 Å². The number of nitrogens with zero attached hydrogens (tertiary/aromatic N) is 2. The number of rotatable bonds is 3. The van der Waals surface area contributed by atoms with E-state index in [1.807, 2.05) is 0 Å². The summed E-state index contributed by atoms with van der Waals surface area (Å²) in [6, 6.07) is 7.92. The summed E-state index contributed by atoms with van der Waals surface area (Å²) in [7, 11) is -3.83. The molecule has 3 aromatic rings. The third-order valence-corrected chi connectivity index (χ3v) is 5.56. The molecule has 0 spiro atoms. The van der Waals surface area contributed by atoms with Crippen LogP contribution in [-0.2, 0) is 10.0 Å². The molecule has 0 saturated heterocycles. The highest BCUT2D eigenvalue weighted by atomic mass is 32.2. The molecule has 1 aliphatic rings. The molecule has 1 N–H and O–H groups in total. The van der Waals surface area contributed by atoms with Crippen LogP contribution >= 0.6 is 0 Å². The molecule has 2 aromatic heterocycles. The van der Waals surface area contributed by atoms with E-state index in [4.69, 9.17) is 4.52 Å². The largest absolute Gasteiger partial charge is 0.336 e. The number of carbonyl (C=O) groups excluding carboxylic acids is 1. The predicted octanol–water partition coefficient (Wildman–Crippen LogP) is 2.14. The summed E-state index contributed by atoms with van der Waals surface area (Å²) in [4.78, 5) is 16.0. The first-order valence-corrected chi connectivity index (χ1v) is 8.80. The van der Waals surface area contributed by atoms with Crippen LogP contribution in [0.4, 0.5) is 0 Å². The third kappa shape index (κ3) is 2.31. The second kappa shape index (κ2) is 5.22. The molecule has 24 heavy (non-hydrogen) atoms. The van der Waals surface area contributed by atoms with Gasteiger partial charge in [-0.3, -0.25) is 4.79 Å². The number of aromatic nitrogens is 2. The Morgan fingerprint density at radius 1 is 1.29 bits per heavy atom. The SMILES string of the molecule is Cc1noc2ncc(S(=O)(=O)N[C@H]3CC(=O)c4ccccc43)cc12. The summed E-state index contributed by atoms with van der Waals surface area (Å²) < 4.78 is 32.9. The van der Waals surface area contributed by atoms with Crippen molar-refractivity contribution in [2.45, 2.75) is 24.3 Å². The van der Waals surface area contributed by atoms with Crippen LogP contribution in [0, 0.1) is 6.92 Å². The van der Waals surface area contributed by atoms with Gasteiger partial charge in [-0.1, -0.05) is 29.4 Å². The van der Waals surface area contributed by atoms with Crippen molar-refractivity contribution >= 4 is 26.9 Å². The normalized spacial score (nSPS) is 17.4. The first-order valence-electron chi connectivity index (χ1n) is 7.32. The fourth-order valence-electron chi connectivity index (χ4n) is 2.89. The van der Waals surface area contributed by atoms with E-state index in [9.17, 15) is 13.2 Å². The maximum Gasteiger partial charge on any atom is 0.257 e.